The van der Waals surface area contributed by atoms with Gasteiger partial charge in [-0.3, -0.25) is 0 Å². The molecule has 5 heteroatoms. The van der Waals surface area contributed by atoms with Gasteiger partial charge in [0, 0.05) is 18.2 Å². The van der Waals surface area contributed by atoms with E-state index in [1.54, 1.807) is 0 Å². The van der Waals surface area contributed by atoms with Crippen LogP contribution >= 0.6 is 15.8 Å². The molecule has 0 aromatic heterocycles. The number of hydrogen-bond donors (Lipinski definition) is 0. The molecule has 4 aromatic carbocycles. The second kappa shape index (κ2) is 16.1. The van der Waals surface area contributed by atoms with Crippen molar-refractivity contribution in [3.05, 3.63) is 119 Å². The molecule has 1 aliphatic rings. The van der Waals surface area contributed by atoms with E-state index in [1.165, 1.54) is 43.5 Å². The van der Waals surface area contributed by atoms with Gasteiger partial charge in [-0.2, -0.15) is 0 Å². The Balaban J connectivity index is 1.74. The van der Waals surface area contributed by atoms with Gasteiger partial charge in [0.05, 0.1) is 0 Å². The minimum absolute atomic E-state index is 0.0109. The second-order valence-corrected chi connectivity index (χ2v) is 25.6. The molecule has 1 heterocycles. The fraction of sp³-hybridized carbons (Fsp3) is 0.500. The SMILES string of the molecule is CC(C)(C)OC(=O)N1C[C@@H](P(c2ccccc2)c2ccccc2)C[C@H]1CP(c1cc(C(C)(C)C)cc(C(C)(C)C)c1)c1cc(C(C)(C)C)cc(C(C)(C)C)c1. The molecule has 296 valence electrons. The van der Waals surface area contributed by atoms with E-state index in [1.807, 2.05) is 20.8 Å². The summed E-state index contributed by atoms with van der Waals surface area (Å²) in [5.41, 5.74) is 5.15. The first-order valence-electron chi connectivity index (χ1n) is 20.3. The van der Waals surface area contributed by atoms with Crippen LogP contribution < -0.4 is 21.2 Å². The Labute approximate surface area is 337 Å². The molecule has 0 spiro atoms. The molecule has 1 fully saturated rings. The van der Waals surface area contributed by atoms with Crippen LogP contribution in [-0.4, -0.2) is 41.0 Å². The first kappa shape index (κ1) is 43.1. The molecule has 0 aliphatic carbocycles. The van der Waals surface area contributed by atoms with E-state index in [-0.39, 0.29) is 33.8 Å². The summed E-state index contributed by atoms with van der Waals surface area (Å²) in [5, 5.41) is 5.53. The van der Waals surface area contributed by atoms with Gasteiger partial charge in [-0.25, -0.2) is 4.79 Å². The van der Waals surface area contributed by atoms with Gasteiger partial charge in [0.2, 0.25) is 0 Å². The summed E-state index contributed by atoms with van der Waals surface area (Å²) in [7, 11) is -1.61. The van der Waals surface area contributed by atoms with Crippen molar-refractivity contribution in [3.8, 4) is 0 Å². The van der Waals surface area contributed by atoms with Crippen molar-refractivity contribution in [1.29, 1.82) is 0 Å². The zero-order chi connectivity index (χ0) is 40.7. The lowest BCUT2D eigenvalue weighted by atomic mass is 9.81. The van der Waals surface area contributed by atoms with Gasteiger partial charge in [-0.15, -0.1) is 0 Å². The first-order valence-corrected chi connectivity index (χ1v) is 23.2. The van der Waals surface area contributed by atoms with Gasteiger partial charge in [-0.05, 0) is 114 Å². The molecular formula is C50H69NO2P2. The topological polar surface area (TPSA) is 29.5 Å². The molecular weight excluding hydrogens is 709 g/mol. The average molecular weight is 778 g/mol. The third kappa shape index (κ3) is 10.9. The van der Waals surface area contributed by atoms with Crippen molar-refractivity contribution in [3.63, 3.8) is 0 Å². The summed E-state index contributed by atoms with van der Waals surface area (Å²) in [4.78, 5) is 16.6. The highest BCUT2D eigenvalue weighted by Gasteiger charge is 2.43. The van der Waals surface area contributed by atoms with E-state index in [0.29, 0.717) is 12.2 Å². The van der Waals surface area contributed by atoms with Crippen molar-refractivity contribution in [1.82, 2.24) is 4.90 Å². The first-order chi connectivity index (χ1) is 25.3. The molecule has 55 heavy (non-hydrogen) atoms. The van der Waals surface area contributed by atoms with Crippen LogP contribution in [0.5, 0.6) is 0 Å². The predicted octanol–water partition coefficient (Wildman–Crippen LogP) is 11.8. The molecule has 1 saturated heterocycles. The molecule has 0 bridgehead atoms. The van der Waals surface area contributed by atoms with E-state index in [4.69, 9.17) is 4.74 Å². The number of nitrogens with zero attached hydrogens (tertiary/aromatic N) is 1. The minimum Gasteiger partial charge on any atom is -0.444 e. The quantitative estimate of drug-likeness (QED) is 0.175. The summed E-state index contributed by atoms with van der Waals surface area (Å²) >= 11 is 0. The van der Waals surface area contributed by atoms with E-state index in [2.05, 4.69) is 185 Å². The fourth-order valence-electron chi connectivity index (χ4n) is 7.38. The number of carbonyl (C=O) groups excluding carboxylic acids is 1. The largest absolute Gasteiger partial charge is 0.444 e. The Morgan fingerprint density at radius 2 is 0.927 bits per heavy atom. The van der Waals surface area contributed by atoms with Crippen LogP contribution in [0.15, 0.2) is 97.1 Å². The third-order valence-electron chi connectivity index (χ3n) is 10.8. The van der Waals surface area contributed by atoms with Crippen molar-refractivity contribution in [2.45, 2.75) is 149 Å². The standard InChI is InChI=1S/C50H69NO2P2/c1-46(2,3)35-26-36(47(4,5)6)29-42(28-35)54(43-30-37(48(7,8)9)27-38(31-43)49(10,11)12)34-39-32-44(33-51(39)45(52)53-50(13,14)15)55(40-22-18-16-19-23-40)41-24-20-17-21-25-41/h16-31,39,44H,32-34H2,1-15H3/t39-,44-/m0/s1. The monoisotopic (exact) mass is 777 g/mol. The highest BCUT2D eigenvalue weighted by molar-refractivity contribution is 7.74. The van der Waals surface area contributed by atoms with Crippen LogP contribution in [0.1, 0.15) is 133 Å². The van der Waals surface area contributed by atoms with Gasteiger partial charge in [0.1, 0.15) is 5.60 Å². The van der Waals surface area contributed by atoms with Gasteiger partial charge < -0.3 is 9.64 Å². The molecule has 2 atom stereocenters. The van der Waals surface area contributed by atoms with Gasteiger partial charge in [-0.1, -0.05) is 180 Å². The molecule has 0 N–H and O–H groups in total. The van der Waals surface area contributed by atoms with Crippen LogP contribution in [0.2, 0.25) is 0 Å². The van der Waals surface area contributed by atoms with Crippen LogP contribution in [0.4, 0.5) is 4.79 Å². The van der Waals surface area contributed by atoms with E-state index in [9.17, 15) is 4.79 Å². The Hall–Kier alpha value is -2.99. The maximum atomic E-state index is 14.4. The number of ether oxygens (including phenoxy) is 1. The van der Waals surface area contributed by atoms with E-state index < -0.39 is 21.4 Å². The normalized spacial score (nSPS) is 17.3. The molecule has 0 unspecified atom stereocenters. The van der Waals surface area contributed by atoms with Crippen LogP contribution in [0, 0.1) is 0 Å². The van der Waals surface area contributed by atoms with E-state index in [0.717, 1.165) is 12.6 Å². The Bertz CT molecular complexity index is 1740. The molecule has 1 aliphatic heterocycles. The van der Waals surface area contributed by atoms with Crippen LogP contribution in [-0.2, 0) is 26.4 Å². The molecule has 5 rings (SSSR count). The lowest BCUT2D eigenvalue weighted by Crippen LogP contribution is -2.42. The number of rotatable bonds is 7. The van der Waals surface area contributed by atoms with Gasteiger partial charge >= 0.3 is 6.09 Å². The molecule has 3 nitrogen and oxygen atoms in total. The summed E-state index contributed by atoms with van der Waals surface area (Å²) < 4.78 is 6.24. The van der Waals surface area contributed by atoms with Crippen molar-refractivity contribution >= 4 is 43.2 Å². The van der Waals surface area contributed by atoms with Crippen LogP contribution in [0.25, 0.3) is 0 Å². The average Bonchev–Trinajstić information content (AvgIpc) is 3.49. The number of hydrogen-bond acceptors (Lipinski definition) is 2. The summed E-state index contributed by atoms with van der Waals surface area (Å²) in [5.74, 6) is 0. The fourth-order valence-corrected chi connectivity index (χ4v) is 13.0. The lowest BCUT2D eigenvalue weighted by molar-refractivity contribution is 0.0242. The minimum atomic E-state index is -0.889. The molecule has 0 saturated carbocycles. The third-order valence-corrected chi connectivity index (χ3v) is 16.1. The number of amides is 1. The number of carbonyl (C=O) groups is 1. The lowest BCUT2D eigenvalue weighted by Gasteiger charge is -2.34. The maximum absolute atomic E-state index is 14.4. The zero-order valence-electron chi connectivity index (χ0n) is 36.7. The van der Waals surface area contributed by atoms with E-state index >= 15 is 0 Å². The highest BCUT2D eigenvalue weighted by atomic mass is 31.1. The van der Waals surface area contributed by atoms with Crippen molar-refractivity contribution in [2.75, 3.05) is 12.7 Å². The highest BCUT2D eigenvalue weighted by Crippen LogP contribution is 2.49. The Morgan fingerprint density at radius 1 is 0.564 bits per heavy atom. The van der Waals surface area contributed by atoms with Gasteiger partial charge in [0.25, 0.3) is 0 Å². The Morgan fingerprint density at radius 3 is 1.25 bits per heavy atom. The number of benzene rings is 4. The molecule has 1 amide bonds. The predicted molar refractivity (Wildman–Crippen MR) is 243 cm³/mol. The van der Waals surface area contributed by atoms with Crippen LogP contribution in [0.3, 0.4) is 0 Å². The number of likely N-dealkylation sites (tertiary alicyclic amines) is 1. The summed E-state index contributed by atoms with van der Waals surface area (Å²) in [6, 6.07) is 36.9. The summed E-state index contributed by atoms with van der Waals surface area (Å²) in [6.07, 6.45) is 1.62. The van der Waals surface area contributed by atoms with Crippen molar-refractivity contribution < 1.29 is 9.53 Å². The molecule has 0 radical (unpaired) electrons. The second-order valence-electron chi connectivity index (χ2n) is 20.9. The Kier molecular flexibility index (Phi) is 12.6. The van der Waals surface area contributed by atoms with Crippen molar-refractivity contribution in [2.24, 2.45) is 0 Å². The zero-order valence-corrected chi connectivity index (χ0v) is 38.5. The van der Waals surface area contributed by atoms with Gasteiger partial charge in [0.15, 0.2) is 0 Å². The molecule has 4 aromatic rings. The summed E-state index contributed by atoms with van der Waals surface area (Å²) in [6.45, 7) is 34.6. The smallest absolute Gasteiger partial charge is 0.410 e. The maximum Gasteiger partial charge on any atom is 0.410 e.